The maximum atomic E-state index is 11.8. The van der Waals surface area contributed by atoms with Crippen LogP contribution < -0.4 is 4.74 Å². The predicted octanol–water partition coefficient (Wildman–Crippen LogP) is 6.59. The molecule has 6 N–H and O–H groups in total. The van der Waals surface area contributed by atoms with Crippen molar-refractivity contribution in [2.75, 3.05) is 0 Å². The molecule has 2 aliphatic rings. The van der Waals surface area contributed by atoms with Crippen molar-refractivity contribution in [3.63, 3.8) is 0 Å². The molecule has 0 fully saturated rings. The van der Waals surface area contributed by atoms with E-state index in [0.717, 1.165) is 42.0 Å². The standard InChI is InChI=1S/C24H12O12.C14H10O2/c25-19(26)13-1-7-8(2-14(13)20(27)28)10-4-17(23(33)34)18(24(35)36)6-12(10)11-5-16(22(31)32)15(21(29)30)3-9(7)11;1-9(15)16-12-5-2-10(3-6-12)13-7-4-11-8-14(11)13/h1-6H,(H,25,26)(H,27,28)(H,29,30)(H,31,32)(H,33,34)(H,35,36);2-8H,1H3. The lowest BCUT2D eigenvalue weighted by atomic mass is 9.87. The summed E-state index contributed by atoms with van der Waals surface area (Å²) in [5, 5.41) is 57.2. The Morgan fingerprint density at radius 2 is 0.673 bits per heavy atom. The first kappa shape index (κ1) is 34.3. The molecule has 0 saturated heterocycles. The number of hydrogen-bond donors (Lipinski definition) is 6. The average molecular weight is 703 g/mol. The van der Waals surface area contributed by atoms with Crippen molar-refractivity contribution in [3.8, 4) is 28.0 Å². The number of carboxylic acid groups (broad SMARTS) is 6. The molecule has 2 aliphatic carbocycles. The zero-order chi connectivity index (χ0) is 37.8. The lowest BCUT2D eigenvalue weighted by molar-refractivity contribution is -0.131. The van der Waals surface area contributed by atoms with Gasteiger partial charge in [0.1, 0.15) is 5.75 Å². The summed E-state index contributed by atoms with van der Waals surface area (Å²) < 4.78 is 4.98. The van der Waals surface area contributed by atoms with Gasteiger partial charge >= 0.3 is 41.8 Å². The Bertz CT molecular complexity index is 2270. The van der Waals surface area contributed by atoms with Crippen molar-refractivity contribution in [1.82, 2.24) is 0 Å². The van der Waals surface area contributed by atoms with Crippen LogP contribution in [0.1, 0.15) is 69.1 Å². The molecule has 258 valence electrons. The van der Waals surface area contributed by atoms with Crippen LogP contribution in [-0.4, -0.2) is 72.4 Å². The normalized spacial score (nSPS) is 11.0. The molecule has 0 heterocycles. The maximum Gasteiger partial charge on any atom is 0.336 e. The highest BCUT2D eigenvalue weighted by molar-refractivity contribution is 6.29. The number of ether oxygens (including phenoxy) is 1. The number of esters is 1. The van der Waals surface area contributed by atoms with Crippen LogP contribution in [0.25, 0.3) is 54.6 Å². The van der Waals surface area contributed by atoms with E-state index in [9.17, 15) is 64.2 Å². The Hall–Kier alpha value is -7.61. The van der Waals surface area contributed by atoms with Gasteiger partial charge in [0.25, 0.3) is 0 Å². The molecule has 0 radical (unpaired) electrons. The summed E-state index contributed by atoms with van der Waals surface area (Å²) in [7, 11) is 0. The SMILES string of the molecule is CC(=O)Oc1ccc(-c2ccc3cc2-3)cc1.O=C(O)c1cc2c3cc(C(=O)O)c(C(=O)O)cc3c3cc(C(=O)O)c(C(=O)O)cc3c2cc1C(=O)O. The third-order valence-corrected chi connectivity index (χ3v) is 8.40. The number of carbonyl (C=O) groups excluding carboxylic acids is 1. The van der Waals surface area contributed by atoms with Crippen LogP contribution in [0.5, 0.6) is 5.75 Å². The molecule has 0 bridgehead atoms. The highest BCUT2D eigenvalue weighted by Gasteiger charge is 2.26. The molecule has 0 unspecified atom stereocenters. The summed E-state index contributed by atoms with van der Waals surface area (Å²) in [5.41, 5.74) is 1.14. The second-order valence-corrected chi connectivity index (χ2v) is 11.5. The van der Waals surface area contributed by atoms with Crippen LogP contribution in [0, 0.1) is 0 Å². The molecule has 0 aromatic heterocycles. The van der Waals surface area contributed by atoms with E-state index in [1.165, 1.54) is 23.6 Å². The number of hydrogen-bond acceptors (Lipinski definition) is 8. The Balaban J connectivity index is 0.000000239. The zero-order valence-corrected chi connectivity index (χ0v) is 26.5. The molecular weight excluding hydrogens is 680 g/mol. The van der Waals surface area contributed by atoms with Crippen molar-refractivity contribution in [1.29, 1.82) is 0 Å². The largest absolute Gasteiger partial charge is 0.478 e. The van der Waals surface area contributed by atoms with Crippen LogP contribution in [0.15, 0.2) is 78.9 Å². The van der Waals surface area contributed by atoms with Crippen LogP contribution in [-0.2, 0) is 4.79 Å². The molecule has 0 spiro atoms. The van der Waals surface area contributed by atoms with E-state index < -0.39 is 69.2 Å². The lowest BCUT2D eigenvalue weighted by Gasteiger charge is -2.16. The van der Waals surface area contributed by atoms with Gasteiger partial charge in [-0.1, -0.05) is 24.3 Å². The van der Waals surface area contributed by atoms with Crippen molar-refractivity contribution in [3.05, 3.63) is 112 Å². The molecule has 52 heavy (non-hydrogen) atoms. The first-order chi connectivity index (χ1) is 24.6. The highest BCUT2D eigenvalue weighted by Crippen LogP contribution is 2.44. The number of aromatic carboxylic acids is 6. The van der Waals surface area contributed by atoms with E-state index in [0.29, 0.717) is 5.75 Å². The van der Waals surface area contributed by atoms with Gasteiger partial charge in [-0.2, -0.15) is 0 Å². The molecule has 0 amide bonds. The van der Waals surface area contributed by atoms with E-state index in [1.807, 2.05) is 24.3 Å². The Morgan fingerprint density at radius 3 is 0.885 bits per heavy atom. The van der Waals surface area contributed by atoms with Gasteiger partial charge < -0.3 is 35.4 Å². The minimum absolute atomic E-state index is 0.0150. The van der Waals surface area contributed by atoms with Gasteiger partial charge in [-0.3, -0.25) is 4.79 Å². The molecule has 0 atom stereocenters. The molecule has 14 nitrogen and oxygen atoms in total. The van der Waals surface area contributed by atoms with Gasteiger partial charge in [0.05, 0.1) is 33.4 Å². The van der Waals surface area contributed by atoms with Gasteiger partial charge in [-0.05, 0) is 109 Å². The topological polar surface area (TPSA) is 250 Å². The molecule has 14 heteroatoms. The first-order valence-corrected chi connectivity index (χ1v) is 15.0. The van der Waals surface area contributed by atoms with E-state index in [1.54, 1.807) is 0 Å². The van der Waals surface area contributed by atoms with Gasteiger partial charge in [-0.25, -0.2) is 28.8 Å². The van der Waals surface area contributed by atoms with Gasteiger partial charge in [0.2, 0.25) is 0 Å². The van der Waals surface area contributed by atoms with Crippen molar-refractivity contribution in [2.45, 2.75) is 6.92 Å². The Morgan fingerprint density at radius 1 is 0.385 bits per heavy atom. The van der Waals surface area contributed by atoms with Crippen molar-refractivity contribution in [2.24, 2.45) is 0 Å². The molecule has 0 saturated carbocycles. The van der Waals surface area contributed by atoms with Crippen LogP contribution >= 0.6 is 0 Å². The highest BCUT2D eigenvalue weighted by atomic mass is 16.5. The molecule has 5 aromatic rings. The smallest absolute Gasteiger partial charge is 0.336 e. The second-order valence-electron chi connectivity index (χ2n) is 11.5. The third-order valence-electron chi connectivity index (χ3n) is 8.40. The minimum atomic E-state index is -1.62. The van der Waals surface area contributed by atoms with E-state index in [2.05, 4.69) is 18.2 Å². The van der Waals surface area contributed by atoms with Gasteiger partial charge in [0.15, 0.2) is 0 Å². The maximum absolute atomic E-state index is 11.8. The second kappa shape index (κ2) is 12.7. The molecule has 5 aromatic carbocycles. The van der Waals surface area contributed by atoms with Crippen molar-refractivity contribution >= 4 is 74.1 Å². The Labute approximate surface area is 290 Å². The fourth-order valence-electron chi connectivity index (χ4n) is 6.07. The lowest BCUT2D eigenvalue weighted by Crippen LogP contribution is -2.11. The fourth-order valence-corrected chi connectivity index (χ4v) is 6.07. The van der Waals surface area contributed by atoms with Crippen LogP contribution in [0.4, 0.5) is 0 Å². The number of carbonyl (C=O) groups is 7. The Kier molecular flexibility index (Phi) is 8.36. The fraction of sp³-hybridized carbons (Fsp3) is 0.0263. The summed E-state index contributed by atoms with van der Waals surface area (Å²) in [4.78, 5) is 81.4. The molecule has 7 rings (SSSR count). The predicted molar refractivity (Wildman–Crippen MR) is 183 cm³/mol. The van der Waals surface area contributed by atoms with Gasteiger partial charge in [0, 0.05) is 6.92 Å². The number of carboxylic acids is 6. The van der Waals surface area contributed by atoms with E-state index >= 15 is 0 Å². The monoisotopic (exact) mass is 702 g/mol. The van der Waals surface area contributed by atoms with Crippen LogP contribution in [0.3, 0.4) is 0 Å². The first-order valence-electron chi connectivity index (χ1n) is 15.0. The number of rotatable bonds is 8. The van der Waals surface area contributed by atoms with Crippen molar-refractivity contribution < 1.29 is 68.9 Å². The third kappa shape index (κ3) is 6.07. The average Bonchev–Trinajstić information content (AvgIpc) is 3.75. The summed E-state index contributed by atoms with van der Waals surface area (Å²) in [5.74, 6) is -9.39. The number of fused-ring (bicyclic) bond motifs is 7. The minimum Gasteiger partial charge on any atom is -0.478 e. The summed E-state index contributed by atoms with van der Waals surface area (Å²) in [6, 6.07) is 19.7. The summed E-state index contributed by atoms with van der Waals surface area (Å²) in [6.07, 6.45) is 0. The van der Waals surface area contributed by atoms with E-state index in [4.69, 9.17) is 4.74 Å². The number of benzene rings is 6. The molecule has 0 aliphatic heterocycles. The van der Waals surface area contributed by atoms with Crippen LogP contribution in [0.2, 0.25) is 0 Å². The quantitative estimate of drug-likeness (QED) is 0.0555. The summed E-state index contributed by atoms with van der Waals surface area (Å²) >= 11 is 0. The van der Waals surface area contributed by atoms with Gasteiger partial charge in [-0.15, -0.1) is 0 Å². The van der Waals surface area contributed by atoms with E-state index in [-0.39, 0.29) is 38.3 Å². The zero-order valence-electron chi connectivity index (χ0n) is 26.5. The summed E-state index contributed by atoms with van der Waals surface area (Å²) in [6.45, 7) is 1.40. The molecular formula is C38H22O14.